The van der Waals surface area contributed by atoms with Crippen LogP contribution in [0.3, 0.4) is 0 Å². The molecule has 19 nitrogen and oxygen atoms in total. The van der Waals surface area contributed by atoms with Gasteiger partial charge in [0.1, 0.15) is 28.0 Å². The molecule has 10 unspecified atom stereocenters. The van der Waals surface area contributed by atoms with Crippen LogP contribution in [0.15, 0.2) is 0 Å². The molecule has 20 saturated carbocycles. The third-order valence-electron chi connectivity index (χ3n) is 24.4. The quantitative estimate of drug-likeness (QED) is 0.0790. The maximum atomic E-state index is 12.2. The van der Waals surface area contributed by atoms with Gasteiger partial charge in [-0.05, 0) is 224 Å². The summed E-state index contributed by atoms with van der Waals surface area (Å²) in [5, 5.41) is 74.0. The van der Waals surface area contributed by atoms with Gasteiger partial charge in [0.2, 0.25) is 0 Å². The first kappa shape index (κ1) is 70.8. The van der Waals surface area contributed by atoms with E-state index in [1.807, 2.05) is 62.3 Å². The number of esters is 6. The first-order valence-electron chi connectivity index (χ1n) is 36.0. The largest absolute Gasteiger partial charge is 0.459 e. The van der Waals surface area contributed by atoms with E-state index < -0.39 is 79.8 Å². The fourth-order valence-electron chi connectivity index (χ4n) is 23.4. The van der Waals surface area contributed by atoms with E-state index in [1.165, 1.54) is 19.3 Å². The number of aliphatic hydroxyl groups is 7. The molecular formula is C74H116O19. The Balaban J connectivity index is 0.000000119. The van der Waals surface area contributed by atoms with E-state index in [-0.39, 0.29) is 70.3 Å². The lowest BCUT2D eigenvalue weighted by molar-refractivity contribution is -0.264. The number of rotatable bonds is 10. The van der Waals surface area contributed by atoms with Gasteiger partial charge in [-0.1, -0.05) is 41.5 Å². The van der Waals surface area contributed by atoms with Crippen molar-refractivity contribution in [2.45, 2.75) is 343 Å². The van der Waals surface area contributed by atoms with Crippen molar-refractivity contribution in [3.63, 3.8) is 0 Å². The molecule has 0 saturated heterocycles. The highest BCUT2D eigenvalue weighted by molar-refractivity contribution is 5.80. The van der Waals surface area contributed by atoms with Gasteiger partial charge in [-0.2, -0.15) is 0 Å². The second kappa shape index (κ2) is 23.9. The fourth-order valence-corrected chi connectivity index (χ4v) is 23.4. The summed E-state index contributed by atoms with van der Waals surface area (Å²) in [6.07, 6.45) is 23.8. The highest BCUT2D eigenvalue weighted by atomic mass is 16.6. The van der Waals surface area contributed by atoms with Crippen LogP contribution in [0.25, 0.3) is 0 Å². The van der Waals surface area contributed by atoms with Crippen LogP contribution < -0.4 is 0 Å². The third kappa shape index (κ3) is 15.5. The fraction of sp³-hybridized carbons (Fsp3) is 0.919. The summed E-state index contributed by atoms with van der Waals surface area (Å²) in [4.78, 5) is 71.5. The molecule has 0 aromatic heterocycles. The van der Waals surface area contributed by atoms with Crippen molar-refractivity contribution in [2.75, 3.05) is 6.61 Å². The molecular weight excluding hydrogens is 1190 g/mol. The molecule has 0 aliphatic heterocycles. The minimum absolute atomic E-state index is 0.0716. The number of ether oxygens (including phenoxy) is 6. The van der Waals surface area contributed by atoms with Gasteiger partial charge in [0.15, 0.2) is 6.61 Å². The Hall–Kier alpha value is -3.46. The molecule has 20 rings (SSSR count). The number of hydrogen-bond donors (Lipinski definition) is 7. The zero-order valence-corrected chi connectivity index (χ0v) is 58.3. The van der Waals surface area contributed by atoms with Crippen molar-refractivity contribution in [2.24, 2.45) is 75.9 Å². The zero-order valence-electron chi connectivity index (χ0n) is 58.3. The average Bonchev–Trinajstić information content (AvgIpc) is 0.734. The normalized spacial score (nSPS) is 46.3. The summed E-state index contributed by atoms with van der Waals surface area (Å²) in [6.45, 7) is 21.4. The molecule has 0 amide bonds. The average molecular weight is 1310 g/mol. The van der Waals surface area contributed by atoms with E-state index in [2.05, 4.69) is 0 Å². The molecule has 93 heavy (non-hydrogen) atoms. The monoisotopic (exact) mass is 1310 g/mol. The maximum Gasteiger partial charge on any atom is 0.344 e. The smallest absolute Gasteiger partial charge is 0.344 e. The number of carbonyl (C=O) groups is 6. The van der Waals surface area contributed by atoms with Gasteiger partial charge in [0, 0.05) is 57.8 Å². The van der Waals surface area contributed by atoms with Gasteiger partial charge < -0.3 is 64.2 Å². The second-order valence-corrected chi connectivity index (χ2v) is 38.1. The van der Waals surface area contributed by atoms with Crippen LogP contribution in [-0.2, 0) is 57.2 Å². The van der Waals surface area contributed by atoms with Crippen LogP contribution in [0.4, 0.5) is 0 Å². The van der Waals surface area contributed by atoms with E-state index in [1.54, 1.807) is 20.8 Å². The van der Waals surface area contributed by atoms with Crippen LogP contribution in [0.1, 0.15) is 276 Å². The molecule has 20 fully saturated rings. The van der Waals surface area contributed by atoms with Gasteiger partial charge in [0.05, 0.1) is 67.8 Å². The predicted octanol–water partition coefficient (Wildman–Crippen LogP) is 9.90. The standard InChI is InChI=1S/C17H26O6.C15H24O4.3C14H22O3/c1-14(2,3)13(19)22-7-12(18)23-17-6-11-4-15(20,9-17)8-16(21,5-11)10-17;1-12(2,3)11(16)19-15-6-10-4-13(17,8-15)7-14(18,5-10)9-15;3*1-9(2)12(15)17-14-6-10-3-11(7-14)5-13(16,4-10)8-14/h11,20-21H,4-10H2,1-3H3;10,17-18H,4-9H2,1-3H3;3*9-11,16H,3-8H2,1-2H3. The van der Waals surface area contributed by atoms with Crippen LogP contribution in [0.5, 0.6) is 0 Å². The summed E-state index contributed by atoms with van der Waals surface area (Å²) < 4.78 is 33.7. The summed E-state index contributed by atoms with van der Waals surface area (Å²) >= 11 is 0. The van der Waals surface area contributed by atoms with E-state index >= 15 is 0 Å². The molecule has 7 N–H and O–H groups in total. The van der Waals surface area contributed by atoms with E-state index in [0.717, 1.165) is 96.3 Å². The highest BCUT2D eigenvalue weighted by Gasteiger charge is 2.67. The predicted molar refractivity (Wildman–Crippen MR) is 340 cm³/mol. The Morgan fingerprint density at radius 3 is 0.785 bits per heavy atom. The Bertz CT molecular complexity index is 2640. The molecule has 0 aromatic rings. The first-order valence-corrected chi connectivity index (χ1v) is 36.0. The molecule has 20 aliphatic rings. The van der Waals surface area contributed by atoms with Crippen molar-refractivity contribution in [1.29, 1.82) is 0 Å². The number of hydrogen-bond acceptors (Lipinski definition) is 19. The highest BCUT2D eigenvalue weighted by Crippen LogP contribution is 2.65. The van der Waals surface area contributed by atoms with E-state index in [0.29, 0.717) is 113 Å². The van der Waals surface area contributed by atoms with Gasteiger partial charge in [-0.25, -0.2) is 4.79 Å². The van der Waals surface area contributed by atoms with Gasteiger partial charge in [-0.15, -0.1) is 0 Å². The minimum Gasteiger partial charge on any atom is -0.459 e. The van der Waals surface area contributed by atoms with Crippen LogP contribution in [0, 0.1) is 75.9 Å². The molecule has 0 radical (unpaired) electrons. The summed E-state index contributed by atoms with van der Waals surface area (Å²) in [5.41, 5.74) is -8.89. The topological polar surface area (TPSA) is 299 Å². The second-order valence-electron chi connectivity index (χ2n) is 38.1. The number of carbonyl (C=O) groups excluding carboxylic acids is 6. The lowest BCUT2D eigenvalue weighted by atomic mass is 9.50. The van der Waals surface area contributed by atoms with E-state index in [4.69, 9.17) is 28.4 Å². The lowest BCUT2D eigenvalue weighted by Crippen LogP contribution is -2.67. The van der Waals surface area contributed by atoms with Crippen LogP contribution in [0.2, 0.25) is 0 Å². The van der Waals surface area contributed by atoms with Gasteiger partial charge in [-0.3, -0.25) is 24.0 Å². The SMILES string of the molecule is CC(C)(C)C(=O)OC12CC3CC(O)(CC(O)(C3)C1)C2.CC(C)(C)C(=O)OCC(=O)OC12CC3CC(O)(CC(O)(C3)C1)C2.CC(C)C(=O)OC12CC3CC(CC(O)(C3)C1)C2.CC(C)C(=O)OC12CC3CC(CC(O)(C3)C1)C2.CC(C)C(=O)OC12CC3CC(CC(O)(C3)C1)C2. The Kier molecular flexibility index (Phi) is 18.2. The van der Waals surface area contributed by atoms with Crippen molar-refractivity contribution >= 4 is 35.8 Å². The van der Waals surface area contributed by atoms with E-state index in [9.17, 15) is 64.5 Å². The lowest BCUT2D eigenvalue weighted by Gasteiger charge is -2.62. The molecule has 20 bridgehead atoms. The van der Waals surface area contributed by atoms with Gasteiger partial charge >= 0.3 is 35.8 Å². The molecule has 10 atom stereocenters. The molecule has 0 spiro atoms. The summed E-state index contributed by atoms with van der Waals surface area (Å²) in [5.74, 6) is 2.04. The van der Waals surface area contributed by atoms with Crippen LogP contribution >= 0.6 is 0 Å². The third-order valence-corrected chi connectivity index (χ3v) is 24.4. The minimum atomic E-state index is -0.948. The Morgan fingerprint density at radius 2 is 0.548 bits per heavy atom. The molecule has 0 heterocycles. The molecule has 19 heteroatoms. The van der Waals surface area contributed by atoms with Gasteiger partial charge in [0.25, 0.3) is 0 Å². The molecule has 0 aromatic carbocycles. The summed E-state index contributed by atoms with van der Waals surface area (Å²) in [6, 6.07) is 0. The van der Waals surface area contributed by atoms with Crippen molar-refractivity contribution in [3.8, 4) is 0 Å². The van der Waals surface area contributed by atoms with Crippen molar-refractivity contribution < 1.29 is 92.9 Å². The van der Waals surface area contributed by atoms with Crippen LogP contribution in [-0.4, -0.2) is 145 Å². The Labute approximate surface area is 552 Å². The Morgan fingerprint density at radius 1 is 0.312 bits per heavy atom. The zero-order chi connectivity index (χ0) is 68.0. The first-order chi connectivity index (χ1) is 42.7. The van der Waals surface area contributed by atoms with Crippen molar-refractivity contribution in [1.82, 2.24) is 0 Å². The maximum absolute atomic E-state index is 12.2. The molecule has 526 valence electrons. The van der Waals surface area contributed by atoms with Crippen molar-refractivity contribution in [3.05, 3.63) is 0 Å². The summed E-state index contributed by atoms with van der Waals surface area (Å²) in [7, 11) is 0. The molecule has 20 aliphatic carbocycles.